The molecule has 1 aromatic heterocycles. The maximum atomic E-state index is 5.82. The molecule has 4 heteroatoms. The molecule has 18 heavy (non-hydrogen) atoms. The molecule has 102 valence electrons. The van der Waals surface area contributed by atoms with Crippen molar-refractivity contribution in [1.29, 1.82) is 0 Å². The van der Waals surface area contributed by atoms with Gasteiger partial charge in [-0.1, -0.05) is 0 Å². The SMILES string of the molecule is CCOC(C)(C)CCC1(c2ccoc2)OCCO1. The Morgan fingerprint density at radius 2 is 2.06 bits per heavy atom. The normalized spacial score (nSPS) is 19.3. The highest BCUT2D eigenvalue weighted by atomic mass is 16.7. The minimum atomic E-state index is -0.651. The molecule has 0 spiro atoms. The van der Waals surface area contributed by atoms with Crippen molar-refractivity contribution < 1.29 is 18.6 Å². The molecule has 1 saturated heterocycles. The molecule has 0 saturated carbocycles. The molecule has 2 rings (SSSR count). The lowest BCUT2D eigenvalue weighted by Crippen LogP contribution is -2.32. The van der Waals surface area contributed by atoms with Gasteiger partial charge in [-0.05, 0) is 33.3 Å². The molecule has 2 heterocycles. The van der Waals surface area contributed by atoms with Gasteiger partial charge in [0.2, 0.25) is 0 Å². The number of hydrogen-bond donors (Lipinski definition) is 0. The molecular formula is C14H22O4. The Morgan fingerprint density at radius 1 is 1.33 bits per heavy atom. The summed E-state index contributed by atoms with van der Waals surface area (Å²) >= 11 is 0. The van der Waals surface area contributed by atoms with Crippen molar-refractivity contribution in [3.05, 3.63) is 24.2 Å². The topological polar surface area (TPSA) is 40.8 Å². The van der Waals surface area contributed by atoms with E-state index < -0.39 is 5.79 Å². The van der Waals surface area contributed by atoms with Crippen LogP contribution in [0.15, 0.2) is 23.0 Å². The van der Waals surface area contributed by atoms with Crippen LogP contribution in [0.2, 0.25) is 0 Å². The second-order valence-corrected chi connectivity index (χ2v) is 5.15. The van der Waals surface area contributed by atoms with Crippen LogP contribution in [0.25, 0.3) is 0 Å². The fraction of sp³-hybridized carbons (Fsp3) is 0.714. The van der Waals surface area contributed by atoms with E-state index in [9.17, 15) is 0 Å². The molecule has 0 aliphatic carbocycles. The van der Waals surface area contributed by atoms with E-state index in [0.29, 0.717) is 19.8 Å². The Hall–Kier alpha value is -0.840. The van der Waals surface area contributed by atoms with Crippen molar-refractivity contribution >= 4 is 0 Å². The molecule has 1 aliphatic rings. The van der Waals surface area contributed by atoms with E-state index in [1.54, 1.807) is 12.5 Å². The zero-order valence-electron chi connectivity index (χ0n) is 11.4. The standard InChI is InChI=1S/C14H22O4/c1-4-16-13(2,3)6-7-14(17-9-10-18-14)12-5-8-15-11-12/h5,8,11H,4,6-7,9-10H2,1-3H3. The van der Waals surface area contributed by atoms with Gasteiger partial charge in [-0.3, -0.25) is 0 Å². The molecule has 0 atom stereocenters. The monoisotopic (exact) mass is 254 g/mol. The minimum Gasteiger partial charge on any atom is -0.472 e. The van der Waals surface area contributed by atoms with Crippen LogP contribution in [0.5, 0.6) is 0 Å². The van der Waals surface area contributed by atoms with Crippen molar-refractivity contribution in [3.63, 3.8) is 0 Å². The number of furan rings is 1. The average molecular weight is 254 g/mol. The lowest BCUT2D eigenvalue weighted by molar-refractivity contribution is -0.180. The molecule has 1 aromatic rings. The second-order valence-electron chi connectivity index (χ2n) is 5.15. The summed E-state index contributed by atoms with van der Waals surface area (Å²) < 4.78 is 22.5. The van der Waals surface area contributed by atoms with Gasteiger partial charge in [0.1, 0.15) is 0 Å². The summed E-state index contributed by atoms with van der Waals surface area (Å²) in [6.07, 6.45) is 4.97. The van der Waals surface area contributed by atoms with Crippen LogP contribution in [0, 0.1) is 0 Å². The summed E-state index contributed by atoms with van der Waals surface area (Å²) in [5.74, 6) is -0.651. The summed E-state index contributed by atoms with van der Waals surface area (Å²) in [7, 11) is 0. The van der Waals surface area contributed by atoms with Gasteiger partial charge >= 0.3 is 0 Å². The van der Waals surface area contributed by atoms with Crippen molar-refractivity contribution in [2.24, 2.45) is 0 Å². The fourth-order valence-electron chi connectivity index (χ4n) is 2.32. The highest BCUT2D eigenvalue weighted by Gasteiger charge is 2.40. The summed E-state index contributed by atoms with van der Waals surface area (Å²) in [6.45, 7) is 8.16. The van der Waals surface area contributed by atoms with E-state index in [-0.39, 0.29) is 5.60 Å². The van der Waals surface area contributed by atoms with Crippen LogP contribution < -0.4 is 0 Å². The van der Waals surface area contributed by atoms with E-state index in [4.69, 9.17) is 18.6 Å². The molecule has 0 aromatic carbocycles. The molecule has 0 radical (unpaired) electrons. The first-order chi connectivity index (χ1) is 8.58. The number of ether oxygens (including phenoxy) is 3. The first kappa shape index (κ1) is 13.6. The highest BCUT2D eigenvalue weighted by Crippen LogP contribution is 2.38. The molecule has 1 aliphatic heterocycles. The quantitative estimate of drug-likeness (QED) is 0.782. The maximum Gasteiger partial charge on any atom is 0.198 e. The maximum absolute atomic E-state index is 5.82. The third-order valence-corrected chi connectivity index (χ3v) is 3.31. The van der Waals surface area contributed by atoms with E-state index >= 15 is 0 Å². The van der Waals surface area contributed by atoms with E-state index in [1.165, 1.54) is 0 Å². The molecule has 0 bridgehead atoms. The van der Waals surface area contributed by atoms with Crippen molar-refractivity contribution in [2.45, 2.75) is 45.0 Å². The van der Waals surface area contributed by atoms with Crippen molar-refractivity contribution in [3.8, 4) is 0 Å². The predicted octanol–water partition coefficient (Wildman–Crippen LogP) is 3.07. The Morgan fingerprint density at radius 3 is 2.61 bits per heavy atom. The summed E-state index contributed by atoms with van der Waals surface area (Å²) in [4.78, 5) is 0. The Bertz CT molecular complexity index is 350. The molecule has 4 nitrogen and oxygen atoms in total. The zero-order chi connectivity index (χ0) is 13.1. The largest absolute Gasteiger partial charge is 0.472 e. The van der Waals surface area contributed by atoms with E-state index in [2.05, 4.69) is 13.8 Å². The highest BCUT2D eigenvalue weighted by molar-refractivity contribution is 5.14. The molecule has 0 unspecified atom stereocenters. The smallest absolute Gasteiger partial charge is 0.198 e. The van der Waals surface area contributed by atoms with Crippen molar-refractivity contribution in [1.82, 2.24) is 0 Å². The van der Waals surface area contributed by atoms with E-state index in [0.717, 1.165) is 18.4 Å². The average Bonchev–Trinajstić information content (AvgIpc) is 2.99. The first-order valence-corrected chi connectivity index (χ1v) is 6.52. The minimum absolute atomic E-state index is 0.166. The Kier molecular flexibility index (Phi) is 4.10. The third-order valence-electron chi connectivity index (χ3n) is 3.31. The summed E-state index contributed by atoms with van der Waals surface area (Å²) in [6, 6.07) is 1.90. The lowest BCUT2D eigenvalue weighted by atomic mass is 9.95. The fourth-order valence-corrected chi connectivity index (χ4v) is 2.32. The second kappa shape index (κ2) is 5.43. The van der Waals surface area contributed by atoms with Gasteiger partial charge in [0.05, 0.1) is 31.3 Å². The van der Waals surface area contributed by atoms with Gasteiger partial charge in [0.15, 0.2) is 5.79 Å². The van der Waals surface area contributed by atoms with Crippen LogP contribution >= 0.6 is 0 Å². The Balaban J connectivity index is 2.04. The summed E-state index contributed by atoms with van der Waals surface area (Å²) in [5, 5.41) is 0. The van der Waals surface area contributed by atoms with Crippen LogP contribution in [0.3, 0.4) is 0 Å². The van der Waals surface area contributed by atoms with Gasteiger partial charge < -0.3 is 18.6 Å². The lowest BCUT2D eigenvalue weighted by Gasteiger charge is -2.31. The van der Waals surface area contributed by atoms with Gasteiger partial charge in [-0.2, -0.15) is 0 Å². The zero-order valence-corrected chi connectivity index (χ0v) is 11.4. The van der Waals surface area contributed by atoms with E-state index in [1.807, 2.05) is 13.0 Å². The van der Waals surface area contributed by atoms with Gasteiger partial charge in [0, 0.05) is 18.6 Å². The molecule has 0 amide bonds. The Labute approximate surface area is 108 Å². The van der Waals surface area contributed by atoms with Gasteiger partial charge in [-0.25, -0.2) is 0 Å². The number of rotatable bonds is 6. The molecule has 0 N–H and O–H groups in total. The number of hydrogen-bond acceptors (Lipinski definition) is 4. The van der Waals surface area contributed by atoms with Crippen LogP contribution in [0.4, 0.5) is 0 Å². The van der Waals surface area contributed by atoms with Gasteiger partial charge in [0.25, 0.3) is 0 Å². The first-order valence-electron chi connectivity index (χ1n) is 6.52. The summed E-state index contributed by atoms with van der Waals surface area (Å²) in [5.41, 5.74) is 0.785. The molecule has 1 fully saturated rings. The van der Waals surface area contributed by atoms with Crippen molar-refractivity contribution in [2.75, 3.05) is 19.8 Å². The molecular weight excluding hydrogens is 232 g/mol. The predicted molar refractivity (Wildman–Crippen MR) is 67.2 cm³/mol. The van der Waals surface area contributed by atoms with Gasteiger partial charge in [-0.15, -0.1) is 0 Å². The van der Waals surface area contributed by atoms with Crippen LogP contribution in [-0.4, -0.2) is 25.4 Å². The third kappa shape index (κ3) is 2.94. The van der Waals surface area contributed by atoms with Crippen LogP contribution in [-0.2, 0) is 20.0 Å². The van der Waals surface area contributed by atoms with Crippen LogP contribution in [0.1, 0.15) is 39.2 Å².